The summed E-state index contributed by atoms with van der Waals surface area (Å²) in [6.45, 7) is 0.261. The molecule has 4 atom stereocenters. The van der Waals surface area contributed by atoms with Crippen molar-refractivity contribution in [1.29, 1.82) is 0 Å². The standard InChI is InChI=1S/C12H9Cl6NO3/c1-22-3-2-19-8(20)4-5(9(19)21)11(16)7(14)6(13)10(4,15)12(11,17)18/h4-5H,2-3H2,1H3. The van der Waals surface area contributed by atoms with Crippen molar-refractivity contribution in [2.45, 2.75) is 14.1 Å². The minimum atomic E-state index is -1.88. The molecule has 122 valence electrons. The van der Waals surface area contributed by atoms with Crippen LogP contribution in [0.15, 0.2) is 10.1 Å². The molecule has 0 spiro atoms. The Balaban J connectivity index is 2.15. The average molecular weight is 428 g/mol. The molecule has 3 rings (SSSR count). The number of halogens is 6. The minimum absolute atomic E-state index is 0.0773. The fourth-order valence-electron chi connectivity index (χ4n) is 3.46. The van der Waals surface area contributed by atoms with Gasteiger partial charge in [-0.15, -0.1) is 23.2 Å². The van der Waals surface area contributed by atoms with Crippen molar-refractivity contribution in [3.8, 4) is 0 Å². The number of rotatable bonds is 3. The van der Waals surface area contributed by atoms with Gasteiger partial charge in [-0.1, -0.05) is 46.4 Å². The second-order valence-corrected chi connectivity index (χ2v) is 8.68. The molecule has 1 saturated carbocycles. The van der Waals surface area contributed by atoms with Crippen LogP contribution in [0.2, 0.25) is 0 Å². The predicted octanol–water partition coefficient (Wildman–Crippen LogP) is 3.08. The van der Waals surface area contributed by atoms with E-state index in [2.05, 4.69) is 0 Å². The first-order chi connectivity index (χ1) is 10.1. The summed E-state index contributed by atoms with van der Waals surface area (Å²) in [6.07, 6.45) is 0. The highest BCUT2D eigenvalue weighted by atomic mass is 35.5. The van der Waals surface area contributed by atoms with Crippen molar-refractivity contribution in [2.24, 2.45) is 11.8 Å². The van der Waals surface area contributed by atoms with E-state index in [0.29, 0.717) is 0 Å². The zero-order valence-electron chi connectivity index (χ0n) is 11.0. The number of alkyl halides is 4. The Kier molecular flexibility index (Phi) is 3.99. The third-order valence-electron chi connectivity index (χ3n) is 4.52. The lowest BCUT2D eigenvalue weighted by molar-refractivity contribution is -0.141. The van der Waals surface area contributed by atoms with Gasteiger partial charge in [0, 0.05) is 7.11 Å². The minimum Gasteiger partial charge on any atom is -0.383 e. The SMILES string of the molecule is COCCN1C(=O)C2C(C1=O)C1(Cl)C(Cl)=C(Cl)C2(Cl)C1(Cl)Cl. The molecule has 2 fully saturated rings. The monoisotopic (exact) mass is 425 g/mol. The quantitative estimate of drug-likeness (QED) is 0.513. The summed E-state index contributed by atoms with van der Waals surface area (Å²) in [5, 5.41) is -0.182. The highest BCUT2D eigenvalue weighted by molar-refractivity contribution is 6.66. The molecule has 0 aromatic carbocycles. The summed E-state index contributed by atoms with van der Waals surface area (Å²) in [5.74, 6) is -3.20. The second kappa shape index (κ2) is 5.04. The van der Waals surface area contributed by atoms with Gasteiger partial charge in [0.2, 0.25) is 11.8 Å². The summed E-state index contributed by atoms with van der Waals surface area (Å²) in [6, 6.07) is 0. The fourth-order valence-corrected chi connectivity index (χ4v) is 6.38. The molecule has 1 aliphatic heterocycles. The number of imide groups is 1. The van der Waals surface area contributed by atoms with Crippen LogP contribution in [0.25, 0.3) is 0 Å². The first kappa shape index (κ1) is 17.4. The van der Waals surface area contributed by atoms with E-state index in [0.717, 1.165) is 4.90 Å². The molecule has 10 heteroatoms. The van der Waals surface area contributed by atoms with Crippen LogP contribution in [0.3, 0.4) is 0 Å². The lowest BCUT2D eigenvalue weighted by Crippen LogP contribution is -2.50. The number of hydrogen-bond acceptors (Lipinski definition) is 3. The third-order valence-corrected chi connectivity index (χ3v) is 8.78. The van der Waals surface area contributed by atoms with Gasteiger partial charge in [0.05, 0.1) is 35.1 Å². The zero-order valence-corrected chi connectivity index (χ0v) is 15.5. The smallest absolute Gasteiger partial charge is 0.235 e. The van der Waals surface area contributed by atoms with Crippen LogP contribution in [0.4, 0.5) is 0 Å². The molecule has 1 heterocycles. The van der Waals surface area contributed by atoms with Crippen LogP contribution in [0, 0.1) is 11.8 Å². The number of fused-ring (bicyclic) bond motifs is 5. The van der Waals surface area contributed by atoms with E-state index < -0.39 is 37.7 Å². The number of allylic oxidation sites excluding steroid dienone is 2. The molecule has 2 aliphatic carbocycles. The van der Waals surface area contributed by atoms with E-state index in [-0.39, 0.29) is 23.2 Å². The number of carbonyl (C=O) groups is 2. The first-order valence-corrected chi connectivity index (χ1v) is 8.51. The Morgan fingerprint density at radius 1 is 1.00 bits per heavy atom. The maximum atomic E-state index is 12.6. The summed E-state index contributed by atoms with van der Waals surface area (Å²) < 4.78 is 3.01. The highest BCUT2D eigenvalue weighted by Gasteiger charge is 2.87. The molecular weight excluding hydrogens is 419 g/mol. The molecule has 2 amide bonds. The molecule has 4 nitrogen and oxygen atoms in total. The third kappa shape index (κ3) is 1.58. The molecule has 1 saturated heterocycles. The van der Waals surface area contributed by atoms with Gasteiger partial charge in [-0.2, -0.15) is 0 Å². The Labute approximate surface area is 156 Å². The van der Waals surface area contributed by atoms with Crippen molar-refractivity contribution in [2.75, 3.05) is 20.3 Å². The molecule has 3 aliphatic rings. The van der Waals surface area contributed by atoms with Gasteiger partial charge in [-0.25, -0.2) is 0 Å². The van der Waals surface area contributed by atoms with E-state index in [9.17, 15) is 9.59 Å². The molecule has 0 aromatic rings. The van der Waals surface area contributed by atoms with E-state index in [1.807, 2.05) is 0 Å². The predicted molar refractivity (Wildman–Crippen MR) is 85.9 cm³/mol. The number of hydrogen-bond donors (Lipinski definition) is 0. The molecule has 4 unspecified atom stereocenters. The molecular formula is C12H9Cl6NO3. The largest absolute Gasteiger partial charge is 0.383 e. The van der Waals surface area contributed by atoms with Crippen molar-refractivity contribution in [3.63, 3.8) is 0 Å². The van der Waals surface area contributed by atoms with Crippen LogP contribution >= 0.6 is 69.6 Å². The van der Waals surface area contributed by atoms with E-state index in [4.69, 9.17) is 74.3 Å². The van der Waals surface area contributed by atoms with E-state index in [1.54, 1.807) is 0 Å². The van der Waals surface area contributed by atoms with Crippen molar-refractivity contribution in [3.05, 3.63) is 10.1 Å². The van der Waals surface area contributed by atoms with Gasteiger partial charge < -0.3 is 4.74 Å². The molecule has 0 N–H and O–H groups in total. The normalized spacial score (nSPS) is 42.6. The summed E-state index contributed by atoms with van der Waals surface area (Å²) in [7, 11) is 1.46. The zero-order chi connectivity index (χ0) is 16.7. The van der Waals surface area contributed by atoms with Crippen LogP contribution in [0.5, 0.6) is 0 Å². The number of carbonyl (C=O) groups excluding carboxylic acids is 2. The van der Waals surface area contributed by atoms with Gasteiger partial charge in [-0.05, 0) is 0 Å². The number of methoxy groups -OCH3 is 1. The summed E-state index contributed by atoms with van der Waals surface area (Å²) in [4.78, 5) is 22.8. The number of ether oxygens (including phenoxy) is 1. The Bertz CT molecular complexity index is 576. The van der Waals surface area contributed by atoms with Gasteiger partial charge >= 0.3 is 0 Å². The molecule has 22 heavy (non-hydrogen) atoms. The Hall–Kier alpha value is 0.580. The lowest BCUT2D eigenvalue weighted by atomic mass is 9.84. The first-order valence-electron chi connectivity index (χ1n) is 6.24. The van der Waals surface area contributed by atoms with E-state index >= 15 is 0 Å². The summed E-state index contributed by atoms with van der Waals surface area (Å²) in [5.41, 5.74) is 0. The maximum absolute atomic E-state index is 12.6. The number of nitrogens with zero attached hydrogens (tertiary/aromatic N) is 1. The van der Waals surface area contributed by atoms with Crippen LogP contribution in [-0.4, -0.2) is 51.1 Å². The summed E-state index contributed by atoms with van der Waals surface area (Å²) >= 11 is 38.0. The van der Waals surface area contributed by atoms with Crippen LogP contribution in [-0.2, 0) is 14.3 Å². The van der Waals surface area contributed by atoms with Gasteiger partial charge in [-0.3, -0.25) is 14.5 Å². The van der Waals surface area contributed by atoms with E-state index in [1.165, 1.54) is 7.11 Å². The Morgan fingerprint density at radius 3 is 1.77 bits per heavy atom. The molecule has 0 radical (unpaired) electrons. The Morgan fingerprint density at radius 2 is 1.41 bits per heavy atom. The topological polar surface area (TPSA) is 46.6 Å². The van der Waals surface area contributed by atoms with Gasteiger partial charge in [0.25, 0.3) is 0 Å². The van der Waals surface area contributed by atoms with Gasteiger partial charge in [0.1, 0.15) is 9.75 Å². The average Bonchev–Trinajstić information content (AvgIpc) is 2.83. The van der Waals surface area contributed by atoms with Crippen molar-refractivity contribution < 1.29 is 14.3 Å². The van der Waals surface area contributed by atoms with Gasteiger partial charge in [0.15, 0.2) is 4.33 Å². The lowest BCUT2D eigenvalue weighted by Gasteiger charge is -2.34. The molecule has 0 aromatic heterocycles. The van der Waals surface area contributed by atoms with Crippen LogP contribution in [0.1, 0.15) is 0 Å². The van der Waals surface area contributed by atoms with Crippen molar-refractivity contribution >= 4 is 81.4 Å². The van der Waals surface area contributed by atoms with Crippen LogP contribution < -0.4 is 0 Å². The second-order valence-electron chi connectivity index (χ2n) is 5.40. The highest BCUT2D eigenvalue weighted by Crippen LogP contribution is 2.77. The molecule has 2 bridgehead atoms. The maximum Gasteiger partial charge on any atom is 0.235 e. The number of likely N-dealkylation sites (tertiary alicyclic amines) is 1. The fraction of sp³-hybridized carbons (Fsp3) is 0.667. The van der Waals surface area contributed by atoms with Crippen molar-refractivity contribution in [1.82, 2.24) is 4.90 Å². The number of amides is 2.